The minimum Gasteiger partial charge on any atom is -0.368 e. The molecule has 2 nitrogen and oxygen atoms in total. The van der Waals surface area contributed by atoms with E-state index in [9.17, 15) is 0 Å². The molecule has 1 rings (SSSR count). The highest BCUT2D eigenvalue weighted by Crippen LogP contribution is 1.99. The van der Waals surface area contributed by atoms with Crippen molar-refractivity contribution < 1.29 is 0 Å². The lowest BCUT2D eigenvalue weighted by molar-refractivity contribution is 0.665. The molecule has 0 aromatic heterocycles. The first-order valence-electron chi connectivity index (χ1n) is 2.20. The van der Waals surface area contributed by atoms with Crippen molar-refractivity contribution in [2.45, 2.75) is 0 Å². The molecule has 1 aliphatic rings. The van der Waals surface area contributed by atoms with Crippen LogP contribution >= 0.6 is 22.6 Å². The van der Waals surface area contributed by atoms with Crippen LogP contribution in [0.3, 0.4) is 0 Å². The van der Waals surface area contributed by atoms with Crippen molar-refractivity contribution in [1.82, 2.24) is 10.6 Å². The number of hydrogen-bond acceptors (Lipinski definition) is 2. The van der Waals surface area contributed by atoms with E-state index in [0.29, 0.717) is 0 Å². The maximum absolute atomic E-state index is 3.12. The van der Waals surface area contributed by atoms with Crippen LogP contribution in [0.25, 0.3) is 0 Å². The van der Waals surface area contributed by atoms with Crippen molar-refractivity contribution in [3.63, 3.8) is 0 Å². The number of halogens is 1. The predicted molar refractivity (Wildman–Crippen MR) is 38.1 cm³/mol. The van der Waals surface area contributed by atoms with Crippen LogP contribution in [0.1, 0.15) is 0 Å². The molecule has 0 saturated carbocycles. The maximum Gasteiger partial charge on any atom is 0.0714 e. The third-order valence-corrected chi connectivity index (χ3v) is 1.63. The summed E-state index contributed by atoms with van der Waals surface area (Å²) in [7, 11) is 0. The fraction of sp³-hybridized carbons (Fsp3) is 0.500. The average Bonchev–Trinajstić information content (AvgIpc) is 1.69. The van der Waals surface area contributed by atoms with Gasteiger partial charge in [0.15, 0.2) is 0 Å². The second kappa shape index (κ2) is 2.52. The van der Waals surface area contributed by atoms with Crippen LogP contribution < -0.4 is 10.6 Å². The molecule has 1 aliphatic heterocycles. The molecule has 0 atom stereocenters. The Bertz CT molecular complexity index is 89.7. The molecular formula is C4H7IN2. The lowest BCUT2D eigenvalue weighted by atomic mass is 10.5. The monoisotopic (exact) mass is 210 g/mol. The van der Waals surface area contributed by atoms with Crippen molar-refractivity contribution in [2.24, 2.45) is 0 Å². The normalized spacial score (nSPS) is 20.4. The van der Waals surface area contributed by atoms with Crippen molar-refractivity contribution in [2.75, 3.05) is 13.2 Å². The summed E-state index contributed by atoms with van der Waals surface area (Å²) in [4.78, 5) is 0. The van der Waals surface area contributed by atoms with Gasteiger partial charge >= 0.3 is 0 Å². The van der Waals surface area contributed by atoms with E-state index < -0.39 is 0 Å². The molecule has 0 amide bonds. The van der Waals surface area contributed by atoms with Crippen molar-refractivity contribution in [3.05, 3.63) is 9.78 Å². The van der Waals surface area contributed by atoms with Crippen LogP contribution in [0, 0.1) is 0 Å². The van der Waals surface area contributed by atoms with Crippen LogP contribution in [0.5, 0.6) is 0 Å². The van der Waals surface area contributed by atoms with Crippen LogP contribution in [0.4, 0.5) is 0 Å². The highest BCUT2D eigenvalue weighted by molar-refractivity contribution is 14.1. The number of nitrogens with one attached hydrogen (secondary N) is 2. The maximum atomic E-state index is 3.12. The van der Waals surface area contributed by atoms with E-state index in [1.807, 2.05) is 0 Å². The van der Waals surface area contributed by atoms with Gasteiger partial charge in [-0.3, -0.25) is 5.32 Å². The Morgan fingerprint density at radius 2 is 2.57 bits per heavy atom. The smallest absolute Gasteiger partial charge is 0.0714 e. The summed E-state index contributed by atoms with van der Waals surface area (Å²) in [6.45, 7) is 1.92. The van der Waals surface area contributed by atoms with Gasteiger partial charge in [0.2, 0.25) is 0 Å². The van der Waals surface area contributed by atoms with E-state index in [1.54, 1.807) is 0 Å². The molecule has 0 aromatic carbocycles. The fourth-order valence-electron chi connectivity index (χ4n) is 0.453. The van der Waals surface area contributed by atoms with Gasteiger partial charge in [0.05, 0.1) is 10.4 Å². The van der Waals surface area contributed by atoms with Crippen LogP contribution in [0.2, 0.25) is 0 Å². The Labute approximate surface area is 56.5 Å². The summed E-state index contributed by atoms with van der Waals surface area (Å²) < 4.78 is 1.25. The summed E-state index contributed by atoms with van der Waals surface area (Å²) >= 11 is 2.27. The Hall–Kier alpha value is 0.230. The average molecular weight is 210 g/mol. The van der Waals surface area contributed by atoms with Crippen LogP contribution in [-0.2, 0) is 0 Å². The molecule has 0 radical (unpaired) electrons. The summed E-state index contributed by atoms with van der Waals surface area (Å²) in [5.74, 6) is 0. The first kappa shape index (κ1) is 5.37. The lowest BCUT2D eigenvalue weighted by Crippen LogP contribution is -2.31. The van der Waals surface area contributed by atoms with Crippen LogP contribution in [0.15, 0.2) is 9.78 Å². The van der Waals surface area contributed by atoms with Gasteiger partial charge in [0.1, 0.15) is 0 Å². The third kappa shape index (κ3) is 1.65. The van der Waals surface area contributed by atoms with Gasteiger partial charge < -0.3 is 5.32 Å². The van der Waals surface area contributed by atoms with E-state index >= 15 is 0 Å². The van der Waals surface area contributed by atoms with E-state index in [1.165, 1.54) is 3.70 Å². The van der Waals surface area contributed by atoms with E-state index in [2.05, 4.69) is 39.3 Å². The van der Waals surface area contributed by atoms with E-state index in [-0.39, 0.29) is 0 Å². The van der Waals surface area contributed by atoms with Gasteiger partial charge in [-0.15, -0.1) is 0 Å². The van der Waals surface area contributed by atoms with Gasteiger partial charge in [-0.05, 0) is 28.7 Å². The Balaban J connectivity index is 2.40. The van der Waals surface area contributed by atoms with Gasteiger partial charge in [-0.2, -0.15) is 0 Å². The van der Waals surface area contributed by atoms with Gasteiger partial charge in [-0.1, -0.05) is 0 Å². The molecule has 0 spiro atoms. The van der Waals surface area contributed by atoms with E-state index in [4.69, 9.17) is 0 Å². The molecule has 0 fully saturated rings. The Morgan fingerprint density at radius 3 is 2.86 bits per heavy atom. The first-order valence-corrected chi connectivity index (χ1v) is 3.28. The minimum absolute atomic E-state index is 0.911. The molecule has 0 saturated heterocycles. The zero-order valence-corrected chi connectivity index (χ0v) is 6.03. The summed E-state index contributed by atoms with van der Waals surface area (Å²) in [5, 5.41) is 6.24. The van der Waals surface area contributed by atoms with Crippen LogP contribution in [-0.4, -0.2) is 13.2 Å². The zero-order chi connectivity index (χ0) is 5.11. The number of rotatable bonds is 0. The molecule has 2 N–H and O–H groups in total. The highest BCUT2D eigenvalue weighted by atomic mass is 127. The molecule has 40 valence electrons. The standard InChI is InChI=1S/C4H7IN2/c5-4-1-2-6-3-7-4/h1,6-7H,2-3H2. The second-order valence-electron chi connectivity index (χ2n) is 1.36. The SMILES string of the molecule is IC1=CCNCN1. The minimum atomic E-state index is 0.911. The quantitative estimate of drug-likeness (QED) is 0.447. The Kier molecular flexibility index (Phi) is 1.93. The fourth-order valence-corrected chi connectivity index (χ4v) is 0.864. The molecule has 0 aromatic rings. The molecule has 1 heterocycles. The number of hydrogen-bond donors (Lipinski definition) is 2. The molecule has 0 aliphatic carbocycles. The summed E-state index contributed by atoms with van der Waals surface area (Å²) in [6.07, 6.45) is 2.12. The highest BCUT2D eigenvalue weighted by Gasteiger charge is 1.92. The molecule has 0 bridgehead atoms. The predicted octanol–water partition coefficient (Wildman–Crippen LogP) is 0.413. The summed E-state index contributed by atoms with van der Waals surface area (Å²) in [5.41, 5.74) is 0. The lowest BCUT2D eigenvalue weighted by Gasteiger charge is -2.10. The van der Waals surface area contributed by atoms with Crippen molar-refractivity contribution in [3.8, 4) is 0 Å². The largest absolute Gasteiger partial charge is 0.368 e. The zero-order valence-electron chi connectivity index (χ0n) is 3.87. The molecular weight excluding hydrogens is 203 g/mol. The molecule has 0 unspecified atom stereocenters. The van der Waals surface area contributed by atoms with Gasteiger partial charge in [0.25, 0.3) is 0 Å². The van der Waals surface area contributed by atoms with E-state index in [0.717, 1.165) is 13.2 Å². The molecule has 3 heteroatoms. The van der Waals surface area contributed by atoms with Gasteiger partial charge in [0, 0.05) is 6.54 Å². The topological polar surface area (TPSA) is 24.1 Å². The summed E-state index contributed by atoms with van der Waals surface area (Å²) in [6, 6.07) is 0. The van der Waals surface area contributed by atoms with Gasteiger partial charge in [-0.25, -0.2) is 0 Å². The molecule has 7 heavy (non-hydrogen) atoms. The third-order valence-electron chi connectivity index (χ3n) is 0.808. The van der Waals surface area contributed by atoms with Crippen molar-refractivity contribution >= 4 is 22.6 Å². The van der Waals surface area contributed by atoms with Crippen molar-refractivity contribution in [1.29, 1.82) is 0 Å². The Morgan fingerprint density at radius 1 is 1.71 bits per heavy atom. The second-order valence-corrected chi connectivity index (χ2v) is 2.52. The first-order chi connectivity index (χ1) is 3.39.